The molecule has 2 aliphatic carbocycles. The fourth-order valence-corrected chi connectivity index (χ4v) is 3.71. The van der Waals surface area contributed by atoms with Crippen molar-refractivity contribution in [3.63, 3.8) is 0 Å². The molecule has 3 atom stereocenters. The number of carbonyl (C=O) groups is 1. The number of ketones is 1. The van der Waals surface area contributed by atoms with Crippen LogP contribution in [-0.4, -0.2) is 17.0 Å². The Labute approximate surface area is 104 Å². The van der Waals surface area contributed by atoms with Crippen LogP contribution in [0, 0.1) is 17.3 Å². The second-order valence-corrected chi connectivity index (χ2v) is 6.41. The lowest BCUT2D eigenvalue weighted by Gasteiger charge is -2.47. The second kappa shape index (κ2) is 4.24. The summed E-state index contributed by atoms with van der Waals surface area (Å²) in [5, 5.41) is 10.6. The highest BCUT2D eigenvalue weighted by molar-refractivity contribution is 5.97. The number of Topliss-reactive ketones (excluding diaryl/α,β-unsaturated/α-hetero) is 1. The average molecular weight is 236 g/mol. The monoisotopic (exact) mass is 236 g/mol. The third-order valence-electron chi connectivity index (χ3n) is 4.96. The van der Waals surface area contributed by atoms with Crippen LogP contribution in [0.5, 0.6) is 0 Å². The highest BCUT2D eigenvalue weighted by Crippen LogP contribution is 2.51. The molecule has 2 heteroatoms. The highest BCUT2D eigenvalue weighted by atomic mass is 16.3. The second-order valence-electron chi connectivity index (χ2n) is 6.41. The predicted octanol–water partition coefficient (Wildman–Crippen LogP) is 3.10. The SMILES string of the molecule is CC1=C2[C@@H](O)[C@H](C(C)C)CC[C@@]2(C)CCC1=O. The van der Waals surface area contributed by atoms with Crippen molar-refractivity contribution >= 4 is 5.78 Å². The summed E-state index contributed by atoms with van der Waals surface area (Å²) < 4.78 is 0. The van der Waals surface area contributed by atoms with Gasteiger partial charge in [0.05, 0.1) is 6.10 Å². The summed E-state index contributed by atoms with van der Waals surface area (Å²) in [7, 11) is 0. The lowest BCUT2D eigenvalue weighted by Crippen LogP contribution is -2.43. The normalized spacial score (nSPS) is 38.6. The van der Waals surface area contributed by atoms with Gasteiger partial charge in [0.2, 0.25) is 0 Å². The molecule has 0 amide bonds. The minimum atomic E-state index is -0.405. The number of aliphatic hydroxyl groups is 1. The summed E-state index contributed by atoms with van der Waals surface area (Å²) in [4.78, 5) is 11.8. The van der Waals surface area contributed by atoms with E-state index in [1.165, 1.54) is 0 Å². The molecular weight excluding hydrogens is 212 g/mol. The van der Waals surface area contributed by atoms with Crippen molar-refractivity contribution in [2.75, 3.05) is 0 Å². The van der Waals surface area contributed by atoms with Gasteiger partial charge in [0.25, 0.3) is 0 Å². The van der Waals surface area contributed by atoms with E-state index in [1.807, 2.05) is 6.92 Å². The van der Waals surface area contributed by atoms with Crippen LogP contribution in [0.2, 0.25) is 0 Å². The molecule has 17 heavy (non-hydrogen) atoms. The molecule has 0 heterocycles. The Morgan fingerprint density at radius 3 is 2.59 bits per heavy atom. The van der Waals surface area contributed by atoms with Gasteiger partial charge in [-0.25, -0.2) is 0 Å². The molecule has 2 rings (SSSR count). The average Bonchev–Trinajstić information content (AvgIpc) is 2.24. The Morgan fingerprint density at radius 2 is 2.00 bits per heavy atom. The van der Waals surface area contributed by atoms with Gasteiger partial charge in [0.1, 0.15) is 0 Å². The molecule has 0 aromatic rings. The number of fused-ring (bicyclic) bond motifs is 1. The first-order chi connectivity index (χ1) is 7.87. The van der Waals surface area contributed by atoms with Crippen LogP contribution in [0.3, 0.4) is 0 Å². The van der Waals surface area contributed by atoms with Crippen LogP contribution in [0.25, 0.3) is 0 Å². The third kappa shape index (κ3) is 1.97. The Bertz CT molecular complexity index is 367. The summed E-state index contributed by atoms with van der Waals surface area (Å²) in [5.74, 6) is 1.03. The van der Waals surface area contributed by atoms with E-state index in [1.54, 1.807) is 0 Å². The number of carbonyl (C=O) groups excluding carboxylic acids is 1. The molecule has 0 aromatic carbocycles. The number of hydrogen-bond acceptors (Lipinski definition) is 2. The van der Waals surface area contributed by atoms with Crippen molar-refractivity contribution in [2.24, 2.45) is 17.3 Å². The van der Waals surface area contributed by atoms with Crippen LogP contribution in [0.15, 0.2) is 11.1 Å². The van der Waals surface area contributed by atoms with Gasteiger partial charge >= 0.3 is 0 Å². The zero-order valence-corrected chi connectivity index (χ0v) is 11.4. The predicted molar refractivity (Wildman–Crippen MR) is 68.6 cm³/mol. The fraction of sp³-hybridized carbons (Fsp3) is 0.800. The van der Waals surface area contributed by atoms with Crippen molar-refractivity contribution in [3.05, 3.63) is 11.1 Å². The standard InChI is InChI=1S/C15H24O2/c1-9(2)11-5-7-15(4)8-6-12(16)10(3)13(15)14(11)17/h9,11,14,17H,5-8H2,1-4H3/t11-,14-,15-/m0/s1. The molecule has 2 aliphatic rings. The maximum Gasteiger partial charge on any atom is 0.158 e. The zero-order chi connectivity index (χ0) is 12.8. The zero-order valence-electron chi connectivity index (χ0n) is 11.4. The van der Waals surface area contributed by atoms with Crippen molar-refractivity contribution in [3.8, 4) is 0 Å². The van der Waals surface area contributed by atoms with Gasteiger partial charge in [-0.05, 0) is 54.6 Å². The van der Waals surface area contributed by atoms with E-state index in [-0.39, 0.29) is 11.2 Å². The summed E-state index contributed by atoms with van der Waals surface area (Å²) in [6, 6.07) is 0. The summed E-state index contributed by atoms with van der Waals surface area (Å²) in [6.45, 7) is 8.45. The molecule has 1 fully saturated rings. The summed E-state index contributed by atoms with van der Waals surface area (Å²) in [6.07, 6.45) is 3.37. The molecule has 0 radical (unpaired) electrons. The van der Waals surface area contributed by atoms with Crippen LogP contribution < -0.4 is 0 Å². The lowest BCUT2D eigenvalue weighted by molar-refractivity contribution is -0.117. The van der Waals surface area contributed by atoms with Crippen LogP contribution >= 0.6 is 0 Å². The van der Waals surface area contributed by atoms with E-state index in [0.29, 0.717) is 18.3 Å². The maximum atomic E-state index is 11.8. The van der Waals surface area contributed by atoms with Gasteiger partial charge in [-0.2, -0.15) is 0 Å². The van der Waals surface area contributed by atoms with Gasteiger partial charge < -0.3 is 5.11 Å². The molecule has 0 aromatic heterocycles. The van der Waals surface area contributed by atoms with Gasteiger partial charge in [0, 0.05) is 6.42 Å². The van der Waals surface area contributed by atoms with Crippen molar-refractivity contribution in [1.29, 1.82) is 0 Å². The van der Waals surface area contributed by atoms with Crippen molar-refractivity contribution in [2.45, 2.75) is 59.5 Å². The fourth-order valence-electron chi connectivity index (χ4n) is 3.71. The summed E-state index contributed by atoms with van der Waals surface area (Å²) in [5.41, 5.74) is 1.97. The van der Waals surface area contributed by atoms with E-state index in [4.69, 9.17) is 0 Å². The Morgan fingerprint density at radius 1 is 1.35 bits per heavy atom. The summed E-state index contributed by atoms with van der Waals surface area (Å²) >= 11 is 0. The number of hydrogen-bond donors (Lipinski definition) is 1. The quantitative estimate of drug-likeness (QED) is 0.759. The molecule has 0 bridgehead atoms. The topological polar surface area (TPSA) is 37.3 Å². The molecule has 0 aliphatic heterocycles. The Hall–Kier alpha value is -0.630. The van der Waals surface area contributed by atoms with Crippen molar-refractivity contribution in [1.82, 2.24) is 0 Å². The van der Waals surface area contributed by atoms with Gasteiger partial charge in [-0.15, -0.1) is 0 Å². The lowest BCUT2D eigenvalue weighted by atomic mass is 9.59. The van der Waals surface area contributed by atoms with E-state index in [0.717, 1.165) is 30.4 Å². The van der Waals surface area contributed by atoms with E-state index in [9.17, 15) is 9.90 Å². The molecule has 1 N–H and O–H groups in total. The van der Waals surface area contributed by atoms with E-state index in [2.05, 4.69) is 20.8 Å². The molecule has 2 nitrogen and oxygen atoms in total. The molecule has 0 spiro atoms. The molecule has 0 unspecified atom stereocenters. The number of rotatable bonds is 1. The van der Waals surface area contributed by atoms with Gasteiger partial charge in [-0.1, -0.05) is 20.8 Å². The van der Waals surface area contributed by atoms with Gasteiger partial charge in [-0.3, -0.25) is 4.79 Å². The van der Waals surface area contributed by atoms with E-state index >= 15 is 0 Å². The first-order valence-electron chi connectivity index (χ1n) is 6.79. The van der Waals surface area contributed by atoms with Crippen LogP contribution in [0.4, 0.5) is 0 Å². The largest absolute Gasteiger partial charge is 0.388 e. The third-order valence-corrected chi connectivity index (χ3v) is 4.96. The Balaban J connectivity index is 2.42. The minimum absolute atomic E-state index is 0.0722. The smallest absolute Gasteiger partial charge is 0.158 e. The van der Waals surface area contributed by atoms with E-state index < -0.39 is 6.10 Å². The highest BCUT2D eigenvalue weighted by Gasteiger charge is 2.45. The first kappa shape index (κ1) is 12.8. The molecular formula is C15H24O2. The van der Waals surface area contributed by atoms with Crippen LogP contribution in [0.1, 0.15) is 53.4 Å². The minimum Gasteiger partial charge on any atom is -0.388 e. The molecule has 0 saturated heterocycles. The molecule has 1 saturated carbocycles. The molecule has 96 valence electrons. The number of aliphatic hydroxyl groups excluding tert-OH is 1. The van der Waals surface area contributed by atoms with Crippen LogP contribution in [-0.2, 0) is 4.79 Å². The van der Waals surface area contributed by atoms with Gasteiger partial charge in [0.15, 0.2) is 5.78 Å². The maximum absolute atomic E-state index is 11.8. The Kier molecular flexibility index (Phi) is 3.19. The number of allylic oxidation sites excluding steroid dienone is 1. The van der Waals surface area contributed by atoms with Crippen molar-refractivity contribution < 1.29 is 9.90 Å². The first-order valence-corrected chi connectivity index (χ1v) is 6.79.